The van der Waals surface area contributed by atoms with Crippen LogP contribution in [0.25, 0.3) is 0 Å². The van der Waals surface area contributed by atoms with Crippen molar-refractivity contribution >= 4 is 46.3 Å². The van der Waals surface area contributed by atoms with Gasteiger partial charge in [-0.1, -0.05) is 23.7 Å². The third-order valence-corrected chi connectivity index (χ3v) is 6.24. The van der Waals surface area contributed by atoms with Crippen LogP contribution in [0.1, 0.15) is 26.6 Å². The number of nitrogens with one attached hydrogen (secondary N) is 1. The zero-order valence-electron chi connectivity index (χ0n) is 15.2. The molecule has 0 aliphatic rings. The van der Waals surface area contributed by atoms with Gasteiger partial charge in [-0.2, -0.15) is 0 Å². The molecule has 0 radical (unpaired) electrons. The molecule has 0 aliphatic carbocycles. The van der Waals surface area contributed by atoms with Crippen LogP contribution in [0.2, 0.25) is 5.02 Å². The van der Waals surface area contributed by atoms with Gasteiger partial charge in [-0.05, 0) is 37.6 Å². The Morgan fingerprint density at radius 3 is 2.78 bits per heavy atom. The van der Waals surface area contributed by atoms with Gasteiger partial charge in [0.1, 0.15) is 5.75 Å². The van der Waals surface area contributed by atoms with E-state index in [1.165, 1.54) is 0 Å². The lowest BCUT2D eigenvalue weighted by Crippen LogP contribution is -2.14. The number of rotatable bonds is 6. The molecule has 0 fully saturated rings. The average molecular weight is 419 g/mol. The van der Waals surface area contributed by atoms with Crippen LogP contribution >= 0.6 is 34.7 Å². The monoisotopic (exact) mass is 418 g/mol. The minimum absolute atomic E-state index is 0.187. The van der Waals surface area contributed by atoms with Crippen LogP contribution in [0.3, 0.4) is 0 Å². The zero-order valence-corrected chi connectivity index (χ0v) is 17.6. The van der Waals surface area contributed by atoms with E-state index in [0.717, 1.165) is 26.9 Å². The molecular weight excluding hydrogens is 400 g/mol. The van der Waals surface area contributed by atoms with Gasteiger partial charge in [0.2, 0.25) is 0 Å². The van der Waals surface area contributed by atoms with Crippen molar-refractivity contribution < 1.29 is 9.53 Å². The van der Waals surface area contributed by atoms with E-state index >= 15 is 0 Å². The molecule has 0 unspecified atom stereocenters. The summed E-state index contributed by atoms with van der Waals surface area (Å²) in [5.41, 5.74) is 3.10. The third-order valence-electron chi connectivity index (χ3n) is 3.90. The highest BCUT2D eigenvalue weighted by Gasteiger charge is 2.15. The fourth-order valence-corrected chi connectivity index (χ4v) is 4.34. The van der Waals surface area contributed by atoms with E-state index in [1.54, 1.807) is 36.3 Å². The maximum atomic E-state index is 12.9. The van der Waals surface area contributed by atoms with E-state index in [9.17, 15) is 4.79 Å². The Morgan fingerprint density at radius 2 is 2.07 bits per heavy atom. The average Bonchev–Trinajstić information content (AvgIpc) is 3.08. The predicted molar refractivity (Wildman–Crippen MR) is 114 cm³/mol. The highest BCUT2D eigenvalue weighted by atomic mass is 35.5. The van der Waals surface area contributed by atoms with Gasteiger partial charge in [-0.25, -0.2) is 4.98 Å². The van der Waals surface area contributed by atoms with E-state index in [2.05, 4.69) is 10.3 Å². The molecule has 2 aromatic carbocycles. The number of carbonyl (C=O) groups excluding carboxylic acids is 1. The fraction of sp³-hybridized carbons (Fsp3) is 0.200. The Kier molecular flexibility index (Phi) is 6.42. The summed E-state index contributed by atoms with van der Waals surface area (Å²) in [6, 6.07) is 11.1. The summed E-state index contributed by atoms with van der Waals surface area (Å²) < 4.78 is 5.34. The second kappa shape index (κ2) is 8.78. The first kappa shape index (κ1) is 19.7. The van der Waals surface area contributed by atoms with E-state index in [-0.39, 0.29) is 5.91 Å². The Hall–Kier alpha value is -2.02. The smallest absolute Gasteiger partial charge is 0.256 e. The van der Waals surface area contributed by atoms with Crippen LogP contribution in [0, 0.1) is 13.8 Å². The molecule has 0 atom stereocenters. The molecule has 0 spiro atoms. The topological polar surface area (TPSA) is 51.2 Å². The zero-order chi connectivity index (χ0) is 19.4. The number of carbonyl (C=O) groups is 1. The number of thioether (sulfide) groups is 1. The number of methoxy groups -OCH3 is 1. The molecule has 0 aliphatic heterocycles. The number of hydrogen-bond donors (Lipinski definition) is 1. The molecule has 7 heteroatoms. The first-order chi connectivity index (χ1) is 13.0. The SMILES string of the molecule is COc1cc(Cl)c(C)cc1NC(=O)c1ccccc1SCc1csc(C)n1. The first-order valence-corrected chi connectivity index (χ1v) is 10.5. The van der Waals surface area contributed by atoms with E-state index in [0.29, 0.717) is 22.0 Å². The lowest BCUT2D eigenvalue weighted by Gasteiger charge is -2.14. The van der Waals surface area contributed by atoms with E-state index < -0.39 is 0 Å². The van der Waals surface area contributed by atoms with Crippen molar-refractivity contribution in [3.63, 3.8) is 0 Å². The van der Waals surface area contributed by atoms with Gasteiger partial charge >= 0.3 is 0 Å². The van der Waals surface area contributed by atoms with Gasteiger partial charge in [0.05, 0.1) is 29.1 Å². The van der Waals surface area contributed by atoms with Crippen molar-refractivity contribution in [2.45, 2.75) is 24.5 Å². The molecule has 4 nitrogen and oxygen atoms in total. The Balaban J connectivity index is 1.80. The first-order valence-electron chi connectivity index (χ1n) is 8.26. The van der Waals surface area contributed by atoms with Gasteiger partial charge in [0.15, 0.2) is 0 Å². The second-order valence-electron chi connectivity index (χ2n) is 5.90. The van der Waals surface area contributed by atoms with Crippen molar-refractivity contribution in [3.05, 3.63) is 68.6 Å². The normalized spacial score (nSPS) is 10.7. The quantitative estimate of drug-likeness (QED) is 0.501. The fourth-order valence-electron chi connectivity index (χ4n) is 2.53. The molecule has 1 aromatic heterocycles. The summed E-state index contributed by atoms with van der Waals surface area (Å²) in [6.45, 7) is 3.87. The van der Waals surface area contributed by atoms with Crippen molar-refractivity contribution in [2.24, 2.45) is 0 Å². The number of thiazole rings is 1. The van der Waals surface area contributed by atoms with Crippen molar-refractivity contribution in [3.8, 4) is 5.75 Å². The summed E-state index contributed by atoms with van der Waals surface area (Å²) in [6.07, 6.45) is 0. The minimum Gasteiger partial charge on any atom is -0.495 e. The van der Waals surface area contributed by atoms with Gasteiger partial charge in [0, 0.05) is 27.1 Å². The Morgan fingerprint density at radius 1 is 1.30 bits per heavy atom. The predicted octanol–water partition coefficient (Wildman–Crippen LogP) is 5.97. The molecule has 27 heavy (non-hydrogen) atoms. The summed E-state index contributed by atoms with van der Waals surface area (Å²) in [5.74, 6) is 1.06. The molecular formula is C20H19ClN2O2S2. The van der Waals surface area contributed by atoms with Crippen LogP contribution in [0.5, 0.6) is 5.75 Å². The maximum Gasteiger partial charge on any atom is 0.256 e. The summed E-state index contributed by atoms with van der Waals surface area (Å²) in [5, 5.41) is 6.63. The van der Waals surface area contributed by atoms with E-state index in [1.807, 2.05) is 49.6 Å². The molecule has 1 N–H and O–H groups in total. The summed E-state index contributed by atoms with van der Waals surface area (Å²) >= 11 is 9.37. The maximum absolute atomic E-state index is 12.9. The van der Waals surface area contributed by atoms with E-state index in [4.69, 9.17) is 16.3 Å². The standard InChI is InChI=1S/C20H19ClN2O2S2/c1-12-8-17(18(25-3)9-16(12)21)23-20(24)15-6-4-5-7-19(15)27-11-14-10-26-13(2)22-14/h4-10H,11H2,1-3H3,(H,23,24). The second-order valence-corrected chi connectivity index (χ2v) is 8.39. The summed E-state index contributed by atoms with van der Waals surface area (Å²) in [7, 11) is 1.55. The van der Waals surface area contributed by atoms with Crippen LogP contribution in [0.15, 0.2) is 46.7 Å². The minimum atomic E-state index is -0.187. The number of halogens is 1. The molecule has 3 aromatic rings. The highest BCUT2D eigenvalue weighted by molar-refractivity contribution is 7.98. The van der Waals surface area contributed by atoms with Gasteiger partial charge in [0.25, 0.3) is 5.91 Å². The Labute approximate surface area is 171 Å². The number of ether oxygens (including phenoxy) is 1. The number of nitrogens with zero attached hydrogens (tertiary/aromatic N) is 1. The number of anilines is 1. The van der Waals surface area contributed by atoms with Gasteiger partial charge in [-0.15, -0.1) is 23.1 Å². The van der Waals surface area contributed by atoms with Crippen LogP contribution in [0.4, 0.5) is 5.69 Å². The molecule has 1 amide bonds. The number of aryl methyl sites for hydroxylation is 2. The van der Waals surface area contributed by atoms with Crippen LogP contribution in [-0.2, 0) is 5.75 Å². The van der Waals surface area contributed by atoms with Crippen LogP contribution < -0.4 is 10.1 Å². The van der Waals surface area contributed by atoms with Crippen molar-refractivity contribution in [1.82, 2.24) is 4.98 Å². The summed E-state index contributed by atoms with van der Waals surface area (Å²) in [4.78, 5) is 18.3. The third kappa shape index (κ3) is 4.83. The van der Waals surface area contributed by atoms with Crippen molar-refractivity contribution in [2.75, 3.05) is 12.4 Å². The van der Waals surface area contributed by atoms with Crippen molar-refractivity contribution in [1.29, 1.82) is 0 Å². The largest absolute Gasteiger partial charge is 0.495 e. The lowest BCUT2D eigenvalue weighted by atomic mass is 10.1. The highest BCUT2D eigenvalue weighted by Crippen LogP contribution is 2.32. The van der Waals surface area contributed by atoms with Crippen LogP contribution in [-0.4, -0.2) is 18.0 Å². The van der Waals surface area contributed by atoms with Gasteiger partial charge in [-0.3, -0.25) is 4.79 Å². The molecule has 0 bridgehead atoms. The molecule has 1 heterocycles. The number of hydrogen-bond acceptors (Lipinski definition) is 5. The molecule has 0 saturated carbocycles. The Bertz CT molecular complexity index is 972. The number of amides is 1. The number of aromatic nitrogens is 1. The molecule has 0 saturated heterocycles. The lowest BCUT2D eigenvalue weighted by molar-refractivity contribution is 0.102. The number of benzene rings is 2. The molecule has 3 rings (SSSR count). The van der Waals surface area contributed by atoms with Gasteiger partial charge < -0.3 is 10.1 Å². The molecule has 140 valence electrons.